The van der Waals surface area contributed by atoms with Crippen molar-refractivity contribution >= 4 is 12.4 Å². The highest BCUT2D eigenvalue weighted by Gasteiger charge is 2.44. The van der Waals surface area contributed by atoms with E-state index in [1.807, 2.05) is 0 Å². The van der Waals surface area contributed by atoms with Crippen LogP contribution in [0.1, 0.15) is 82.8 Å². The molecule has 1 aromatic rings. The van der Waals surface area contributed by atoms with E-state index < -0.39 is 11.4 Å². The van der Waals surface area contributed by atoms with E-state index in [9.17, 15) is 9.59 Å². The fraction of sp³-hybridized carbons (Fsp3) is 0.652. The van der Waals surface area contributed by atoms with Gasteiger partial charge in [-0.25, -0.2) is 0 Å². The lowest BCUT2D eigenvalue weighted by Crippen LogP contribution is -2.23. The van der Waals surface area contributed by atoms with E-state index in [4.69, 9.17) is 9.84 Å². The average molecular weight is 375 g/mol. The van der Waals surface area contributed by atoms with Crippen LogP contribution in [-0.2, 0) is 27.2 Å². The first-order chi connectivity index (χ1) is 12.9. The Bertz CT molecular complexity index is 599. The van der Waals surface area contributed by atoms with Crippen LogP contribution in [0.25, 0.3) is 0 Å². The second-order valence-corrected chi connectivity index (χ2v) is 8.67. The molecule has 0 aromatic heterocycles. The SMILES string of the molecule is CC(C)(CCCCCc1ccc(CCCCC2(OC=O)CC2)cc1)C(=O)O. The predicted octanol–water partition coefficient (Wildman–Crippen LogP) is 5.32. The van der Waals surface area contributed by atoms with Crippen molar-refractivity contribution in [1.29, 1.82) is 0 Å². The van der Waals surface area contributed by atoms with E-state index in [2.05, 4.69) is 24.3 Å². The number of hydrogen-bond acceptors (Lipinski definition) is 3. The first-order valence-corrected chi connectivity index (χ1v) is 10.3. The molecule has 27 heavy (non-hydrogen) atoms. The standard InChI is InChI=1S/C23H34O4/c1-22(2,21(25)26)14-6-3-4-8-19-10-12-20(13-11-19)9-5-7-15-23(16-17-23)27-18-24/h10-13,18H,3-9,14-17H2,1-2H3,(H,25,26). The molecular weight excluding hydrogens is 340 g/mol. The summed E-state index contributed by atoms with van der Waals surface area (Å²) in [5, 5.41) is 9.13. The van der Waals surface area contributed by atoms with Crippen LogP contribution in [-0.4, -0.2) is 23.1 Å². The second kappa shape index (κ2) is 9.91. The van der Waals surface area contributed by atoms with Crippen LogP contribution >= 0.6 is 0 Å². The van der Waals surface area contributed by atoms with Gasteiger partial charge < -0.3 is 9.84 Å². The normalized spacial score (nSPS) is 15.3. The molecule has 0 heterocycles. The first kappa shape index (κ1) is 21.5. The summed E-state index contributed by atoms with van der Waals surface area (Å²) in [6.45, 7) is 4.19. The summed E-state index contributed by atoms with van der Waals surface area (Å²) < 4.78 is 5.18. The molecule has 4 nitrogen and oxygen atoms in total. The van der Waals surface area contributed by atoms with Crippen LogP contribution < -0.4 is 0 Å². The molecule has 0 aliphatic heterocycles. The Kier molecular flexibility index (Phi) is 7.88. The minimum absolute atomic E-state index is 0.120. The summed E-state index contributed by atoms with van der Waals surface area (Å²) in [6, 6.07) is 8.87. The molecule has 0 unspecified atom stereocenters. The van der Waals surface area contributed by atoms with Gasteiger partial charge in [-0.15, -0.1) is 0 Å². The summed E-state index contributed by atoms with van der Waals surface area (Å²) in [7, 11) is 0. The van der Waals surface area contributed by atoms with Gasteiger partial charge in [-0.1, -0.05) is 37.1 Å². The van der Waals surface area contributed by atoms with Gasteiger partial charge in [-0.2, -0.15) is 0 Å². The smallest absolute Gasteiger partial charge is 0.309 e. The first-order valence-electron chi connectivity index (χ1n) is 10.3. The molecule has 150 valence electrons. The zero-order valence-corrected chi connectivity index (χ0v) is 16.8. The molecule has 1 N–H and O–H groups in total. The second-order valence-electron chi connectivity index (χ2n) is 8.67. The van der Waals surface area contributed by atoms with Crippen LogP contribution in [0.3, 0.4) is 0 Å². The number of aliphatic carboxylic acids is 1. The third kappa shape index (κ3) is 7.36. The number of carbonyl (C=O) groups is 2. The number of rotatable bonds is 14. The molecule has 0 radical (unpaired) electrons. The van der Waals surface area contributed by atoms with Gasteiger partial charge in [0, 0.05) is 0 Å². The Labute approximate surface area is 163 Å². The molecule has 1 saturated carbocycles. The maximum absolute atomic E-state index is 11.1. The number of benzene rings is 1. The van der Waals surface area contributed by atoms with Gasteiger partial charge in [0.2, 0.25) is 0 Å². The third-order valence-corrected chi connectivity index (χ3v) is 5.82. The van der Waals surface area contributed by atoms with Crippen LogP contribution in [0.2, 0.25) is 0 Å². The fourth-order valence-corrected chi connectivity index (χ4v) is 3.50. The van der Waals surface area contributed by atoms with Gasteiger partial charge in [0.25, 0.3) is 6.47 Å². The molecule has 2 rings (SSSR count). The number of carbonyl (C=O) groups excluding carboxylic acids is 1. The molecule has 1 aliphatic rings. The van der Waals surface area contributed by atoms with Gasteiger partial charge in [-0.3, -0.25) is 9.59 Å². The number of carboxylic acid groups (broad SMARTS) is 1. The number of carboxylic acids is 1. The minimum Gasteiger partial charge on any atom is -0.481 e. The highest BCUT2D eigenvalue weighted by molar-refractivity contribution is 5.73. The molecule has 1 aliphatic carbocycles. The summed E-state index contributed by atoms with van der Waals surface area (Å²) >= 11 is 0. The maximum Gasteiger partial charge on any atom is 0.309 e. The molecule has 0 spiro atoms. The Morgan fingerprint density at radius 2 is 1.59 bits per heavy atom. The number of hydrogen-bond donors (Lipinski definition) is 1. The van der Waals surface area contributed by atoms with Crippen LogP contribution in [0, 0.1) is 5.41 Å². The lowest BCUT2D eigenvalue weighted by Gasteiger charge is -2.18. The lowest BCUT2D eigenvalue weighted by molar-refractivity contribution is -0.147. The van der Waals surface area contributed by atoms with Crippen molar-refractivity contribution in [2.75, 3.05) is 0 Å². The van der Waals surface area contributed by atoms with E-state index in [1.165, 1.54) is 11.1 Å². The molecule has 1 aromatic carbocycles. The number of unbranched alkanes of at least 4 members (excludes halogenated alkanes) is 3. The van der Waals surface area contributed by atoms with Crippen molar-refractivity contribution in [2.45, 2.75) is 90.1 Å². The van der Waals surface area contributed by atoms with Gasteiger partial charge in [-0.05, 0) is 82.8 Å². The maximum atomic E-state index is 11.1. The fourth-order valence-electron chi connectivity index (χ4n) is 3.50. The molecule has 0 atom stereocenters. The lowest BCUT2D eigenvalue weighted by atomic mass is 9.87. The quantitative estimate of drug-likeness (QED) is 0.354. The molecular formula is C23H34O4. The summed E-state index contributed by atoms with van der Waals surface area (Å²) in [5.74, 6) is -0.707. The zero-order chi connectivity index (χ0) is 19.8. The Morgan fingerprint density at radius 3 is 2.07 bits per heavy atom. The highest BCUT2D eigenvalue weighted by atomic mass is 16.5. The summed E-state index contributed by atoms with van der Waals surface area (Å²) in [5.41, 5.74) is 1.99. The molecule has 0 bridgehead atoms. The minimum atomic E-state index is -0.707. The van der Waals surface area contributed by atoms with E-state index in [-0.39, 0.29) is 5.60 Å². The Morgan fingerprint density at radius 1 is 1.04 bits per heavy atom. The summed E-state index contributed by atoms with van der Waals surface area (Å²) in [4.78, 5) is 21.6. The van der Waals surface area contributed by atoms with E-state index in [0.29, 0.717) is 6.47 Å². The molecule has 0 saturated heterocycles. The monoisotopic (exact) mass is 374 g/mol. The van der Waals surface area contributed by atoms with Crippen molar-refractivity contribution in [3.05, 3.63) is 35.4 Å². The van der Waals surface area contributed by atoms with Gasteiger partial charge >= 0.3 is 5.97 Å². The third-order valence-electron chi connectivity index (χ3n) is 5.82. The van der Waals surface area contributed by atoms with Crippen molar-refractivity contribution in [3.63, 3.8) is 0 Å². The molecule has 0 amide bonds. The zero-order valence-electron chi connectivity index (χ0n) is 16.8. The number of ether oxygens (including phenoxy) is 1. The van der Waals surface area contributed by atoms with Crippen molar-refractivity contribution in [1.82, 2.24) is 0 Å². The number of aryl methyl sites for hydroxylation is 2. The van der Waals surface area contributed by atoms with Gasteiger partial charge in [0.05, 0.1) is 5.41 Å². The Hall–Kier alpha value is -1.84. The molecule has 4 heteroatoms. The highest BCUT2D eigenvalue weighted by Crippen LogP contribution is 2.43. The van der Waals surface area contributed by atoms with Crippen molar-refractivity contribution < 1.29 is 19.4 Å². The Balaban J connectivity index is 1.58. The van der Waals surface area contributed by atoms with E-state index in [0.717, 1.165) is 70.6 Å². The molecule has 1 fully saturated rings. The van der Waals surface area contributed by atoms with Crippen LogP contribution in [0.15, 0.2) is 24.3 Å². The van der Waals surface area contributed by atoms with Crippen LogP contribution in [0.4, 0.5) is 0 Å². The summed E-state index contributed by atoms with van der Waals surface area (Å²) in [6.07, 6.45) is 11.3. The van der Waals surface area contributed by atoms with E-state index in [1.54, 1.807) is 13.8 Å². The van der Waals surface area contributed by atoms with E-state index >= 15 is 0 Å². The predicted molar refractivity (Wildman–Crippen MR) is 107 cm³/mol. The van der Waals surface area contributed by atoms with Crippen molar-refractivity contribution in [2.24, 2.45) is 5.41 Å². The van der Waals surface area contributed by atoms with Gasteiger partial charge in [0.1, 0.15) is 5.60 Å². The van der Waals surface area contributed by atoms with Crippen molar-refractivity contribution in [3.8, 4) is 0 Å². The topological polar surface area (TPSA) is 63.6 Å². The average Bonchev–Trinajstić information content (AvgIpc) is 3.39. The largest absolute Gasteiger partial charge is 0.481 e. The van der Waals surface area contributed by atoms with Crippen LogP contribution in [0.5, 0.6) is 0 Å². The van der Waals surface area contributed by atoms with Gasteiger partial charge in [0.15, 0.2) is 0 Å².